The van der Waals surface area contributed by atoms with E-state index in [1.807, 2.05) is 24.3 Å². The molecule has 0 saturated carbocycles. The van der Waals surface area contributed by atoms with Gasteiger partial charge in [0, 0.05) is 24.5 Å². The molecule has 2 aromatic carbocycles. The Kier molecular flexibility index (Phi) is 34.2. The minimum Gasteiger partial charge on any atom is -0.338 e. The SMILES string of the molecule is CCCCCCCCN(CCCCCCC)CCCCNC(=O)Nc1ccc(Cc2ccc(NC(=O)NCCCCN(CCCCCCC)CCCCCCCC)cc2)cc1. The molecule has 0 aliphatic rings. The van der Waals surface area contributed by atoms with Gasteiger partial charge in [0.05, 0.1) is 0 Å². The second-order valence-electron chi connectivity index (χ2n) is 17.8. The first-order valence-electron chi connectivity index (χ1n) is 25.7. The van der Waals surface area contributed by atoms with E-state index >= 15 is 0 Å². The zero-order chi connectivity index (χ0) is 43.9. The van der Waals surface area contributed by atoms with Gasteiger partial charge in [-0.15, -0.1) is 0 Å². The molecule has 0 aliphatic heterocycles. The Labute approximate surface area is 375 Å². The zero-order valence-corrected chi connectivity index (χ0v) is 40.1. The number of nitrogens with one attached hydrogen (secondary N) is 4. The zero-order valence-electron chi connectivity index (χ0n) is 40.1. The van der Waals surface area contributed by atoms with Gasteiger partial charge in [-0.3, -0.25) is 0 Å². The largest absolute Gasteiger partial charge is 0.338 e. The van der Waals surface area contributed by atoms with Gasteiger partial charge >= 0.3 is 12.1 Å². The number of urea groups is 2. The molecule has 0 bridgehead atoms. The summed E-state index contributed by atoms with van der Waals surface area (Å²) >= 11 is 0. The van der Waals surface area contributed by atoms with Crippen LogP contribution in [0.1, 0.15) is 206 Å². The molecule has 61 heavy (non-hydrogen) atoms. The lowest BCUT2D eigenvalue weighted by Gasteiger charge is -2.22. The average molecular weight is 847 g/mol. The molecule has 348 valence electrons. The van der Waals surface area contributed by atoms with Gasteiger partial charge in [0.2, 0.25) is 0 Å². The van der Waals surface area contributed by atoms with Crippen molar-refractivity contribution in [2.24, 2.45) is 0 Å². The summed E-state index contributed by atoms with van der Waals surface area (Å²) in [6, 6.07) is 15.9. The molecular formula is C53H94N6O2. The third-order valence-electron chi connectivity index (χ3n) is 12.0. The summed E-state index contributed by atoms with van der Waals surface area (Å²) in [6.07, 6.45) is 34.4. The Morgan fingerprint density at radius 3 is 0.918 bits per heavy atom. The molecule has 0 fully saturated rings. The summed E-state index contributed by atoms with van der Waals surface area (Å²) in [6.45, 7) is 17.6. The van der Waals surface area contributed by atoms with Gasteiger partial charge in [0.1, 0.15) is 0 Å². The number of benzene rings is 2. The third kappa shape index (κ3) is 30.6. The molecule has 4 amide bonds. The minimum atomic E-state index is -0.145. The molecule has 0 aliphatic carbocycles. The van der Waals surface area contributed by atoms with E-state index in [-0.39, 0.29) is 12.1 Å². The van der Waals surface area contributed by atoms with Crippen LogP contribution in [0, 0.1) is 0 Å². The molecule has 0 atom stereocenters. The molecule has 2 rings (SSSR count). The van der Waals surface area contributed by atoms with Crippen LogP contribution < -0.4 is 21.3 Å². The van der Waals surface area contributed by atoms with Crippen molar-refractivity contribution < 1.29 is 9.59 Å². The maximum absolute atomic E-state index is 12.6. The predicted octanol–water partition coefficient (Wildman–Crippen LogP) is 14.3. The van der Waals surface area contributed by atoms with Crippen molar-refractivity contribution in [3.05, 3.63) is 59.7 Å². The average Bonchev–Trinajstić information content (AvgIpc) is 3.26. The van der Waals surface area contributed by atoms with Crippen LogP contribution in [0.4, 0.5) is 21.0 Å². The van der Waals surface area contributed by atoms with Gasteiger partial charge in [0.25, 0.3) is 0 Å². The monoisotopic (exact) mass is 847 g/mol. The maximum atomic E-state index is 12.6. The van der Waals surface area contributed by atoms with Crippen LogP contribution >= 0.6 is 0 Å². The molecular weight excluding hydrogens is 753 g/mol. The Hall–Kier alpha value is -3.10. The molecule has 0 heterocycles. The number of carbonyl (C=O) groups is 2. The van der Waals surface area contributed by atoms with Crippen molar-refractivity contribution in [1.29, 1.82) is 0 Å². The number of rotatable bonds is 40. The van der Waals surface area contributed by atoms with Crippen molar-refractivity contribution in [2.45, 2.75) is 201 Å². The lowest BCUT2D eigenvalue weighted by Crippen LogP contribution is -2.31. The van der Waals surface area contributed by atoms with Crippen LogP contribution in [0.25, 0.3) is 0 Å². The molecule has 2 aromatic rings. The molecule has 4 N–H and O–H groups in total. The van der Waals surface area contributed by atoms with Crippen LogP contribution in [-0.2, 0) is 6.42 Å². The number of hydrogen-bond donors (Lipinski definition) is 4. The number of nitrogens with zero attached hydrogens (tertiary/aromatic N) is 2. The number of hydrogen-bond acceptors (Lipinski definition) is 4. The highest BCUT2D eigenvalue weighted by Gasteiger charge is 2.09. The van der Waals surface area contributed by atoms with Crippen molar-refractivity contribution in [2.75, 3.05) is 63.0 Å². The molecule has 8 nitrogen and oxygen atoms in total. The van der Waals surface area contributed by atoms with Crippen molar-refractivity contribution in [3.8, 4) is 0 Å². The van der Waals surface area contributed by atoms with E-state index in [1.54, 1.807) is 0 Å². The molecule has 0 radical (unpaired) electrons. The van der Waals surface area contributed by atoms with Crippen molar-refractivity contribution in [3.63, 3.8) is 0 Å². The molecule has 0 spiro atoms. The fourth-order valence-corrected chi connectivity index (χ4v) is 8.10. The van der Waals surface area contributed by atoms with Gasteiger partial charge < -0.3 is 31.1 Å². The third-order valence-corrected chi connectivity index (χ3v) is 12.0. The number of amides is 4. The molecule has 0 saturated heterocycles. The summed E-state index contributed by atoms with van der Waals surface area (Å²) < 4.78 is 0. The second kappa shape index (κ2) is 38.6. The van der Waals surface area contributed by atoms with E-state index in [4.69, 9.17) is 0 Å². The van der Waals surface area contributed by atoms with E-state index in [0.29, 0.717) is 13.1 Å². The Bertz CT molecular complexity index is 1200. The quantitative estimate of drug-likeness (QED) is 0.0503. The van der Waals surface area contributed by atoms with E-state index in [0.717, 1.165) is 56.6 Å². The number of anilines is 2. The van der Waals surface area contributed by atoms with Crippen LogP contribution in [0.5, 0.6) is 0 Å². The van der Waals surface area contributed by atoms with E-state index in [2.05, 4.69) is 83.0 Å². The lowest BCUT2D eigenvalue weighted by atomic mass is 10.0. The number of carbonyl (C=O) groups excluding carboxylic acids is 2. The Morgan fingerprint density at radius 2 is 0.623 bits per heavy atom. The first kappa shape index (κ1) is 54.0. The standard InChI is InChI=1S/C53H94N6O2/c1-5-9-13-17-21-27-43-58(41-25-19-15-11-7-3)45-29-23-39-54-52(60)56-50-35-31-48(32-36-50)47-49-33-37-51(38-34-49)57-53(61)55-40-24-30-46-59(42-26-20-16-12-8-4)44-28-22-18-14-10-6-2/h31-38H,5-30,39-47H2,1-4H3,(H2,54,56,60)(H2,55,57,61). The fourth-order valence-electron chi connectivity index (χ4n) is 8.10. The van der Waals surface area contributed by atoms with Crippen molar-refractivity contribution >= 4 is 23.4 Å². The predicted molar refractivity (Wildman–Crippen MR) is 265 cm³/mol. The molecule has 0 unspecified atom stereocenters. The normalized spacial score (nSPS) is 11.4. The topological polar surface area (TPSA) is 88.7 Å². The van der Waals surface area contributed by atoms with Crippen LogP contribution in [0.2, 0.25) is 0 Å². The Balaban J connectivity index is 1.64. The van der Waals surface area contributed by atoms with Gasteiger partial charge in [-0.05, 0) is 132 Å². The second-order valence-corrected chi connectivity index (χ2v) is 17.8. The van der Waals surface area contributed by atoms with Gasteiger partial charge in [-0.25, -0.2) is 9.59 Å². The first-order chi connectivity index (χ1) is 30.0. The summed E-state index contributed by atoms with van der Waals surface area (Å²) in [5, 5.41) is 12.1. The minimum absolute atomic E-state index is 0.145. The van der Waals surface area contributed by atoms with Crippen LogP contribution in [0.15, 0.2) is 48.5 Å². The highest BCUT2D eigenvalue weighted by Crippen LogP contribution is 2.17. The van der Waals surface area contributed by atoms with Gasteiger partial charge in [-0.1, -0.05) is 168 Å². The highest BCUT2D eigenvalue weighted by molar-refractivity contribution is 5.89. The fraction of sp³-hybridized carbons (Fsp3) is 0.736. The van der Waals surface area contributed by atoms with E-state index in [1.165, 1.54) is 179 Å². The summed E-state index contributed by atoms with van der Waals surface area (Å²) in [5.41, 5.74) is 3.93. The lowest BCUT2D eigenvalue weighted by molar-refractivity contribution is 0.247. The van der Waals surface area contributed by atoms with Crippen LogP contribution in [-0.4, -0.2) is 74.2 Å². The maximum Gasteiger partial charge on any atom is 0.319 e. The number of unbranched alkanes of at least 4 members (excludes halogenated alkanes) is 20. The van der Waals surface area contributed by atoms with Gasteiger partial charge in [-0.2, -0.15) is 0 Å². The molecule has 0 aromatic heterocycles. The smallest absolute Gasteiger partial charge is 0.319 e. The van der Waals surface area contributed by atoms with Crippen molar-refractivity contribution in [1.82, 2.24) is 20.4 Å². The highest BCUT2D eigenvalue weighted by atomic mass is 16.2. The summed E-state index contributed by atoms with van der Waals surface area (Å²) in [5.74, 6) is 0. The first-order valence-corrected chi connectivity index (χ1v) is 25.7. The summed E-state index contributed by atoms with van der Waals surface area (Å²) in [7, 11) is 0. The van der Waals surface area contributed by atoms with Crippen LogP contribution in [0.3, 0.4) is 0 Å². The Morgan fingerprint density at radius 1 is 0.361 bits per heavy atom. The van der Waals surface area contributed by atoms with E-state index < -0.39 is 0 Å². The summed E-state index contributed by atoms with van der Waals surface area (Å²) in [4.78, 5) is 30.6. The van der Waals surface area contributed by atoms with Gasteiger partial charge in [0.15, 0.2) is 0 Å². The molecule has 8 heteroatoms. The van der Waals surface area contributed by atoms with E-state index in [9.17, 15) is 9.59 Å².